The van der Waals surface area contributed by atoms with Gasteiger partial charge in [0, 0.05) is 19.6 Å². The number of nitrogens with two attached hydrogens (primary N) is 1. The summed E-state index contributed by atoms with van der Waals surface area (Å²) in [6.45, 7) is 2.61. The van der Waals surface area contributed by atoms with Gasteiger partial charge in [-0.3, -0.25) is 4.79 Å². The van der Waals surface area contributed by atoms with Gasteiger partial charge in [-0.25, -0.2) is 0 Å². The van der Waals surface area contributed by atoms with E-state index in [0.29, 0.717) is 6.54 Å². The van der Waals surface area contributed by atoms with Gasteiger partial charge in [0.1, 0.15) is 0 Å². The van der Waals surface area contributed by atoms with Crippen molar-refractivity contribution < 1.29 is 4.79 Å². The standard InChI is InChI=1S/C17H25N3O/c18-13-17(9-6-10-17)16(21)19-14-7-2-3-8-15(14)20-11-4-1-5-12-20/h2-3,7-8H,1,4-6,9-13,18H2,(H,19,21). The molecule has 1 aromatic carbocycles. The predicted octanol–water partition coefficient (Wildman–Crippen LogP) is 2.74. The normalized spacial score (nSPS) is 20.7. The first-order valence-electron chi connectivity index (χ1n) is 8.11. The molecule has 1 aliphatic heterocycles. The summed E-state index contributed by atoms with van der Waals surface area (Å²) in [5.74, 6) is 0.0979. The molecule has 0 radical (unpaired) electrons. The topological polar surface area (TPSA) is 58.4 Å². The molecule has 0 atom stereocenters. The zero-order valence-corrected chi connectivity index (χ0v) is 12.6. The van der Waals surface area contributed by atoms with Crippen LogP contribution in [0.3, 0.4) is 0 Å². The number of benzene rings is 1. The molecular formula is C17H25N3O. The highest BCUT2D eigenvalue weighted by Gasteiger charge is 2.43. The summed E-state index contributed by atoms with van der Waals surface area (Å²) in [4.78, 5) is 15.0. The van der Waals surface area contributed by atoms with Crippen molar-refractivity contribution in [2.45, 2.75) is 38.5 Å². The fraction of sp³-hybridized carbons (Fsp3) is 0.588. The fourth-order valence-electron chi connectivity index (χ4n) is 3.37. The third kappa shape index (κ3) is 2.77. The number of rotatable bonds is 4. The quantitative estimate of drug-likeness (QED) is 0.895. The average Bonchev–Trinajstić information content (AvgIpc) is 2.48. The van der Waals surface area contributed by atoms with E-state index in [9.17, 15) is 4.79 Å². The van der Waals surface area contributed by atoms with Crippen molar-refractivity contribution in [3.05, 3.63) is 24.3 Å². The molecular weight excluding hydrogens is 262 g/mol. The van der Waals surface area contributed by atoms with E-state index in [0.717, 1.165) is 43.7 Å². The maximum Gasteiger partial charge on any atom is 0.231 e. The van der Waals surface area contributed by atoms with Gasteiger partial charge in [-0.2, -0.15) is 0 Å². The second-order valence-electron chi connectivity index (χ2n) is 6.36. The van der Waals surface area contributed by atoms with Gasteiger partial charge in [0.15, 0.2) is 0 Å². The van der Waals surface area contributed by atoms with Crippen LogP contribution in [0.4, 0.5) is 11.4 Å². The summed E-state index contributed by atoms with van der Waals surface area (Å²) >= 11 is 0. The summed E-state index contributed by atoms with van der Waals surface area (Å²) in [7, 11) is 0. The zero-order valence-electron chi connectivity index (χ0n) is 12.6. The zero-order chi connectivity index (χ0) is 14.7. The Hall–Kier alpha value is -1.55. The Morgan fingerprint density at radius 2 is 1.86 bits per heavy atom. The minimum absolute atomic E-state index is 0.0979. The first-order valence-corrected chi connectivity index (χ1v) is 8.11. The van der Waals surface area contributed by atoms with Crippen molar-refractivity contribution in [1.82, 2.24) is 0 Å². The fourth-order valence-corrected chi connectivity index (χ4v) is 3.37. The van der Waals surface area contributed by atoms with Crippen molar-refractivity contribution in [2.24, 2.45) is 11.1 Å². The highest BCUT2D eigenvalue weighted by Crippen LogP contribution is 2.41. The van der Waals surface area contributed by atoms with Crippen molar-refractivity contribution >= 4 is 17.3 Å². The van der Waals surface area contributed by atoms with Gasteiger partial charge in [0.2, 0.25) is 5.91 Å². The molecule has 0 aromatic heterocycles. The Morgan fingerprint density at radius 3 is 2.48 bits per heavy atom. The molecule has 1 heterocycles. The van der Waals surface area contributed by atoms with Crippen LogP contribution in [0.25, 0.3) is 0 Å². The number of amides is 1. The second-order valence-corrected chi connectivity index (χ2v) is 6.36. The number of carbonyl (C=O) groups is 1. The van der Waals surface area contributed by atoms with Crippen LogP contribution in [-0.2, 0) is 4.79 Å². The number of nitrogens with one attached hydrogen (secondary N) is 1. The van der Waals surface area contributed by atoms with Gasteiger partial charge < -0.3 is 16.0 Å². The van der Waals surface area contributed by atoms with Crippen LogP contribution >= 0.6 is 0 Å². The molecule has 2 fully saturated rings. The van der Waals surface area contributed by atoms with E-state index in [-0.39, 0.29) is 11.3 Å². The number of hydrogen-bond donors (Lipinski definition) is 2. The lowest BCUT2D eigenvalue weighted by Gasteiger charge is -2.39. The van der Waals surface area contributed by atoms with Crippen molar-refractivity contribution in [3.8, 4) is 0 Å². The average molecular weight is 287 g/mol. The summed E-state index contributed by atoms with van der Waals surface area (Å²) in [5.41, 5.74) is 7.59. The van der Waals surface area contributed by atoms with Gasteiger partial charge in [0.25, 0.3) is 0 Å². The lowest BCUT2D eigenvalue weighted by Crippen LogP contribution is -2.47. The van der Waals surface area contributed by atoms with Crippen molar-refractivity contribution in [3.63, 3.8) is 0 Å². The summed E-state index contributed by atoms with van der Waals surface area (Å²) in [5, 5.41) is 3.14. The van der Waals surface area contributed by atoms with Gasteiger partial charge in [-0.1, -0.05) is 18.6 Å². The summed E-state index contributed by atoms with van der Waals surface area (Å²) < 4.78 is 0. The third-order valence-electron chi connectivity index (χ3n) is 5.03. The number of nitrogens with zero attached hydrogens (tertiary/aromatic N) is 1. The number of hydrogen-bond acceptors (Lipinski definition) is 3. The summed E-state index contributed by atoms with van der Waals surface area (Å²) in [6, 6.07) is 8.14. The maximum absolute atomic E-state index is 12.6. The number of piperidine rings is 1. The molecule has 1 saturated heterocycles. The first kappa shape index (κ1) is 14.4. The van der Waals surface area contributed by atoms with Crippen LogP contribution in [0.15, 0.2) is 24.3 Å². The smallest absolute Gasteiger partial charge is 0.231 e. The van der Waals surface area contributed by atoms with E-state index in [1.165, 1.54) is 19.3 Å². The van der Waals surface area contributed by atoms with Crippen LogP contribution in [0, 0.1) is 5.41 Å². The molecule has 0 unspecified atom stereocenters. The molecule has 0 spiro atoms. The molecule has 4 heteroatoms. The minimum atomic E-state index is -0.324. The lowest BCUT2D eigenvalue weighted by molar-refractivity contribution is -0.129. The monoisotopic (exact) mass is 287 g/mol. The van der Waals surface area contributed by atoms with Crippen molar-refractivity contribution in [2.75, 3.05) is 29.9 Å². The summed E-state index contributed by atoms with van der Waals surface area (Å²) in [6.07, 6.45) is 6.71. The maximum atomic E-state index is 12.6. The highest BCUT2D eigenvalue weighted by atomic mass is 16.2. The Labute approximate surface area is 126 Å². The van der Waals surface area contributed by atoms with Crippen LogP contribution in [0.2, 0.25) is 0 Å². The Morgan fingerprint density at radius 1 is 1.14 bits per heavy atom. The molecule has 1 aliphatic carbocycles. The second kappa shape index (κ2) is 6.06. The van der Waals surface area contributed by atoms with E-state index >= 15 is 0 Å². The highest BCUT2D eigenvalue weighted by molar-refractivity contribution is 5.98. The molecule has 2 aliphatic rings. The molecule has 0 bridgehead atoms. The van der Waals surface area contributed by atoms with Crippen LogP contribution < -0.4 is 16.0 Å². The van der Waals surface area contributed by atoms with Gasteiger partial charge in [-0.15, -0.1) is 0 Å². The van der Waals surface area contributed by atoms with E-state index in [1.807, 2.05) is 18.2 Å². The van der Waals surface area contributed by atoms with E-state index in [2.05, 4.69) is 16.3 Å². The van der Waals surface area contributed by atoms with Gasteiger partial charge in [0.05, 0.1) is 16.8 Å². The Kier molecular flexibility index (Phi) is 4.15. The van der Waals surface area contributed by atoms with E-state index < -0.39 is 0 Å². The molecule has 114 valence electrons. The van der Waals surface area contributed by atoms with Crippen molar-refractivity contribution in [1.29, 1.82) is 0 Å². The van der Waals surface area contributed by atoms with Crippen LogP contribution in [0.1, 0.15) is 38.5 Å². The number of carbonyl (C=O) groups excluding carboxylic acids is 1. The lowest BCUT2D eigenvalue weighted by atomic mass is 9.68. The minimum Gasteiger partial charge on any atom is -0.370 e. The molecule has 1 amide bonds. The molecule has 3 N–H and O–H groups in total. The molecule has 1 aromatic rings. The SMILES string of the molecule is NCC1(C(=O)Nc2ccccc2N2CCCCC2)CCC1. The largest absolute Gasteiger partial charge is 0.370 e. The molecule has 21 heavy (non-hydrogen) atoms. The number of anilines is 2. The van der Waals surface area contributed by atoms with E-state index in [4.69, 9.17) is 5.73 Å². The third-order valence-corrected chi connectivity index (χ3v) is 5.03. The van der Waals surface area contributed by atoms with Gasteiger partial charge in [-0.05, 0) is 44.2 Å². The molecule has 3 rings (SSSR count). The number of para-hydroxylation sites is 2. The van der Waals surface area contributed by atoms with Crippen LogP contribution in [0.5, 0.6) is 0 Å². The molecule has 4 nitrogen and oxygen atoms in total. The Bertz CT molecular complexity index is 499. The predicted molar refractivity (Wildman–Crippen MR) is 86.5 cm³/mol. The first-order chi connectivity index (χ1) is 10.2. The van der Waals surface area contributed by atoms with Crippen LogP contribution in [-0.4, -0.2) is 25.5 Å². The van der Waals surface area contributed by atoms with E-state index in [1.54, 1.807) is 0 Å². The Balaban J connectivity index is 1.77. The molecule has 1 saturated carbocycles. The van der Waals surface area contributed by atoms with Gasteiger partial charge >= 0.3 is 0 Å².